The summed E-state index contributed by atoms with van der Waals surface area (Å²) in [7, 11) is 0. The fourth-order valence-electron chi connectivity index (χ4n) is 1.45. The minimum atomic E-state index is -0.901. The number of carboxylic acids is 1. The van der Waals surface area contributed by atoms with Gasteiger partial charge in [0.2, 0.25) is 5.91 Å². The van der Waals surface area contributed by atoms with Crippen LogP contribution in [0.5, 0.6) is 0 Å². The summed E-state index contributed by atoms with van der Waals surface area (Å²) in [6.07, 6.45) is 0.400. The molecule has 1 fully saturated rings. The molecule has 4 nitrogen and oxygen atoms in total. The number of carboxylic acid groups (broad SMARTS) is 1. The monoisotopic (exact) mass is 231 g/mol. The summed E-state index contributed by atoms with van der Waals surface area (Å²) in [5.41, 5.74) is -0.0899. The lowest BCUT2D eigenvalue weighted by atomic mass is 9.91. The maximum Gasteiger partial charge on any atom is 0.327 e. The Morgan fingerprint density at radius 3 is 2.53 bits per heavy atom. The minimum Gasteiger partial charge on any atom is -0.480 e. The molecule has 1 aliphatic rings. The van der Waals surface area contributed by atoms with Gasteiger partial charge in [-0.1, -0.05) is 20.8 Å². The van der Waals surface area contributed by atoms with E-state index in [2.05, 4.69) is 0 Å². The van der Waals surface area contributed by atoms with Gasteiger partial charge in [0.15, 0.2) is 0 Å². The predicted octanol–water partition coefficient (Wildman–Crippen LogP) is 1.41. The number of carbonyl (C=O) groups excluding carboxylic acids is 1. The molecular weight excluding hydrogens is 214 g/mol. The first kappa shape index (κ1) is 12.4. The first-order valence-electron chi connectivity index (χ1n) is 4.91. The number of rotatable bonds is 2. The molecule has 0 bridgehead atoms. The van der Waals surface area contributed by atoms with Crippen LogP contribution in [0.1, 0.15) is 27.2 Å². The van der Waals surface area contributed by atoms with Crippen LogP contribution < -0.4 is 0 Å². The third-order valence-electron chi connectivity index (χ3n) is 2.17. The summed E-state index contributed by atoms with van der Waals surface area (Å²) < 4.78 is 0. The van der Waals surface area contributed by atoms with Crippen LogP contribution >= 0.6 is 11.8 Å². The Balaban J connectivity index is 2.63. The van der Waals surface area contributed by atoms with E-state index in [0.717, 1.165) is 0 Å². The molecule has 1 aliphatic heterocycles. The lowest BCUT2D eigenvalue weighted by molar-refractivity contribution is -0.148. The summed E-state index contributed by atoms with van der Waals surface area (Å²) >= 11 is 1.50. The van der Waals surface area contributed by atoms with Gasteiger partial charge in [-0.3, -0.25) is 4.79 Å². The first-order chi connectivity index (χ1) is 6.81. The molecule has 0 spiro atoms. The molecule has 86 valence electrons. The third kappa shape index (κ3) is 3.41. The fraction of sp³-hybridized carbons (Fsp3) is 0.800. The number of amides is 1. The number of thioether (sulfide) groups is 1. The van der Waals surface area contributed by atoms with Gasteiger partial charge in [0, 0.05) is 12.2 Å². The van der Waals surface area contributed by atoms with Crippen molar-refractivity contribution in [2.75, 3.05) is 11.6 Å². The Labute approximate surface area is 94.0 Å². The molecule has 0 aromatic rings. The van der Waals surface area contributed by atoms with E-state index >= 15 is 0 Å². The van der Waals surface area contributed by atoms with E-state index in [4.69, 9.17) is 5.11 Å². The standard InChI is InChI=1S/C10H17NO3S/c1-10(2,3)4-8(12)11-6-15-5-7(11)9(13)14/h7H,4-6H2,1-3H3,(H,13,14). The summed E-state index contributed by atoms with van der Waals surface area (Å²) in [4.78, 5) is 24.2. The molecule has 1 N–H and O–H groups in total. The van der Waals surface area contributed by atoms with Crippen LogP contribution in [0.3, 0.4) is 0 Å². The SMILES string of the molecule is CC(C)(C)CC(=O)N1CSCC1C(=O)O. The van der Waals surface area contributed by atoms with E-state index in [9.17, 15) is 9.59 Å². The molecule has 0 radical (unpaired) electrons. The van der Waals surface area contributed by atoms with Gasteiger partial charge >= 0.3 is 5.97 Å². The molecule has 1 unspecified atom stereocenters. The van der Waals surface area contributed by atoms with Crippen LogP contribution in [0.4, 0.5) is 0 Å². The van der Waals surface area contributed by atoms with E-state index in [1.807, 2.05) is 20.8 Å². The van der Waals surface area contributed by atoms with Crippen molar-refractivity contribution >= 4 is 23.6 Å². The van der Waals surface area contributed by atoms with E-state index < -0.39 is 12.0 Å². The zero-order valence-electron chi connectivity index (χ0n) is 9.32. The van der Waals surface area contributed by atoms with Gasteiger partial charge in [0.25, 0.3) is 0 Å². The Bertz CT molecular complexity index is 272. The van der Waals surface area contributed by atoms with E-state index in [1.54, 1.807) is 0 Å². The normalized spacial score (nSPS) is 21.8. The topological polar surface area (TPSA) is 57.6 Å². The van der Waals surface area contributed by atoms with Gasteiger partial charge < -0.3 is 10.0 Å². The van der Waals surface area contributed by atoms with Gasteiger partial charge in [-0.05, 0) is 5.41 Å². The summed E-state index contributed by atoms with van der Waals surface area (Å²) in [6.45, 7) is 5.93. The number of hydrogen-bond acceptors (Lipinski definition) is 3. The molecule has 1 amide bonds. The van der Waals surface area contributed by atoms with E-state index in [0.29, 0.717) is 18.1 Å². The van der Waals surface area contributed by atoms with Crippen LogP contribution in [0.25, 0.3) is 0 Å². The highest BCUT2D eigenvalue weighted by atomic mass is 32.2. The van der Waals surface area contributed by atoms with Crippen molar-refractivity contribution in [3.63, 3.8) is 0 Å². The summed E-state index contributed by atoms with van der Waals surface area (Å²) in [5, 5.41) is 8.92. The number of hydrogen-bond donors (Lipinski definition) is 1. The Morgan fingerprint density at radius 2 is 2.07 bits per heavy atom. The van der Waals surface area contributed by atoms with Gasteiger partial charge in [-0.25, -0.2) is 4.79 Å². The lowest BCUT2D eigenvalue weighted by Crippen LogP contribution is -2.42. The smallest absolute Gasteiger partial charge is 0.327 e. The average Bonchev–Trinajstić information content (AvgIpc) is 2.47. The highest BCUT2D eigenvalue weighted by Gasteiger charge is 2.35. The molecule has 0 saturated carbocycles. The van der Waals surface area contributed by atoms with Crippen LogP contribution in [-0.4, -0.2) is 39.6 Å². The number of aliphatic carboxylic acids is 1. The van der Waals surface area contributed by atoms with Crippen molar-refractivity contribution in [1.82, 2.24) is 4.90 Å². The fourth-order valence-corrected chi connectivity index (χ4v) is 2.62. The average molecular weight is 231 g/mol. The van der Waals surface area contributed by atoms with E-state index in [1.165, 1.54) is 16.7 Å². The summed E-state index contributed by atoms with van der Waals surface area (Å²) in [6, 6.07) is -0.634. The largest absolute Gasteiger partial charge is 0.480 e. The first-order valence-corrected chi connectivity index (χ1v) is 6.07. The van der Waals surface area contributed by atoms with Crippen molar-refractivity contribution in [3.8, 4) is 0 Å². The molecule has 1 saturated heterocycles. The van der Waals surface area contributed by atoms with Gasteiger partial charge in [0.05, 0.1) is 5.88 Å². The molecule has 0 aromatic carbocycles. The van der Waals surface area contributed by atoms with Crippen molar-refractivity contribution in [2.24, 2.45) is 5.41 Å². The van der Waals surface area contributed by atoms with Crippen molar-refractivity contribution in [2.45, 2.75) is 33.2 Å². The van der Waals surface area contributed by atoms with Crippen molar-refractivity contribution < 1.29 is 14.7 Å². The predicted molar refractivity (Wildman–Crippen MR) is 59.7 cm³/mol. The second-order valence-electron chi connectivity index (χ2n) is 4.95. The molecule has 1 rings (SSSR count). The molecule has 0 aliphatic carbocycles. The third-order valence-corrected chi connectivity index (χ3v) is 3.18. The van der Waals surface area contributed by atoms with Crippen LogP contribution in [0.15, 0.2) is 0 Å². The molecule has 1 atom stereocenters. The van der Waals surface area contributed by atoms with Crippen LogP contribution in [0.2, 0.25) is 0 Å². The van der Waals surface area contributed by atoms with E-state index in [-0.39, 0.29) is 11.3 Å². The highest BCUT2D eigenvalue weighted by molar-refractivity contribution is 7.99. The van der Waals surface area contributed by atoms with Crippen molar-refractivity contribution in [1.29, 1.82) is 0 Å². The number of nitrogens with zero attached hydrogens (tertiary/aromatic N) is 1. The second kappa shape index (κ2) is 4.43. The quantitative estimate of drug-likeness (QED) is 0.780. The Kier molecular flexibility index (Phi) is 3.65. The van der Waals surface area contributed by atoms with Gasteiger partial charge in [-0.2, -0.15) is 0 Å². The van der Waals surface area contributed by atoms with Crippen LogP contribution in [0, 0.1) is 5.41 Å². The zero-order valence-corrected chi connectivity index (χ0v) is 10.1. The van der Waals surface area contributed by atoms with Gasteiger partial charge in [-0.15, -0.1) is 11.8 Å². The molecule has 1 heterocycles. The second-order valence-corrected chi connectivity index (χ2v) is 5.95. The van der Waals surface area contributed by atoms with Crippen LogP contribution in [-0.2, 0) is 9.59 Å². The summed E-state index contributed by atoms with van der Waals surface area (Å²) in [5.74, 6) is 0.0547. The molecular formula is C10H17NO3S. The highest BCUT2D eigenvalue weighted by Crippen LogP contribution is 2.26. The molecule has 5 heteroatoms. The maximum atomic E-state index is 11.8. The lowest BCUT2D eigenvalue weighted by Gasteiger charge is -2.25. The zero-order chi connectivity index (χ0) is 11.6. The number of carbonyl (C=O) groups is 2. The maximum absolute atomic E-state index is 11.8. The Morgan fingerprint density at radius 1 is 1.47 bits per heavy atom. The molecule has 15 heavy (non-hydrogen) atoms. The minimum absolute atomic E-state index is 0.0556. The van der Waals surface area contributed by atoms with Gasteiger partial charge in [0.1, 0.15) is 6.04 Å². The Hall–Kier alpha value is -0.710. The van der Waals surface area contributed by atoms with Crippen molar-refractivity contribution in [3.05, 3.63) is 0 Å². The molecule has 0 aromatic heterocycles.